The summed E-state index contributed by atoms with van der Waals surface area (Å²) in [5.41, 5.74) is 0. The van der Waals surface area contributed by atoms with E-state index in [4.69, 9.17) is 0 Å². The summed E-state index contributed by atoms with van der Waals surface area (Å²) < 4.78 is 0. The second kappa shape index (κ2) is 24.6. The predicted molar refractivity (Wildman–Crippen MR) is 57.4 cm³/mol. The first-order chi connectivity index (χ1) is 6.81. The minimum atomic E-state index is -0.995. The van der Waals surface area contributed by atoms with Crippen LogP contribution in [0, 0.1) is 0 Å². The number of carbonyl (C=O) groups is 3. The van der Waals surface area contributed by atoms with Gasteiger partial charge in [-0.3, -0.25) is 0 Å². The molecule has 0 rings (SSSR count). The Kier molecular flexibility index (Phi) is 43.4. The molecular formula is C9H15Al2O6+3. The van der Waals surface area contributed by atoms with Gasteiger partial charge >= 0.3 is 34.7 Å². The third kappa shape index (κ3) is 93.7. The van der Waals surface area contributed by atoms with Gasteiger partial charge in [0, 0.05) is 17.9 Å². The van der Waals surface area contributed by atoms with Gasteiger partial charge in [0.1, 0.15) is 0 Å². The summed E-state index contributed by atoms with van der Waals surface area (Å²) in [5, 5.41) is 27.8. The van der Waals surface area contributed by atoms with Gasteiger partial charge in [-0.25, -0.2) is 0 Å². The standard InChI is InChI=1S/3C3H6O2.2Al/c3*1-2-3(4)5;;/h3*2H2,1H3,(H,4,5);;/q;;;2*+3/p-3. The van der Waals surface area contributed by atoms with E-state index in [0.717, 1.165) is 0 Å². The molecule has 0 saturated carbocycles. The van der Waals surface area contributed by atoms with E-state index in [1.807, 2.05) is 0 Å². The topological polar surface area (TPSA) is 120 Å². The second-order valence-electron chi connectivity index (χ2n) is 2.18. The van der Waals surface area contributed by atoms with E-state index >= 15 is 0 Å². The van der Waals surface area contributed by atoms with Crippen LogP contribution < -0.4 is 15.3 Å². The first-order valence-corrected chi connectivity index (χ1v) is 4.41. The van der Waals surface area contributed by atoms with Crippen LogP contribution in [0.3, 0.4) is 0 Å². The fourth-order valence-corrected chi connectivity index (χ4v) is 0. The van der Waals surface area contributed by atoms with Crippen LogP contribution in [0.4, 0.5) is 0 Å². The molecule has 0 aliphatic rings. The molecule has 0 fully saturated rings. The van der Waals surface area contributed by atoms with Crippen molar-refractivity contribution in [1.82, 2.24) is 0 Å². The van der Waals surface area contributed by atoms with E-state index < -0.39 is 17.9 Å². The Bertz CT molecular complexity index is 163. The Morgan fingerprint density at radius 2 is 0.706 bits per heavy atom. The number of aliphatic carboxylic acids is 3. The minimum Gasteiger partial charge on any atom is -0.550 e. The number of carboxylic acid groups (broad SMARTS) is 3. The zero-order chi connectivity index (χ0) is 12.9. The van der Waals surface area contributed by atoms with Crippen molar-refractivity contribution in [3.63, 3.8) is 0 Å². The molecule has 90 valence electrons. The molecule has 0 saturated heterocycles. The zero-order valence-corrected chi connectivity index (χ0v) is 12.5. The third-order valence-electron chi connectivity index (χ3n) is 0.866. The van der Waals surface area contributed by atoms with Crippen LogP contribution in [-0.4, -0.2) is 52.6 Å². The van der Waals surface area contributed by atoms with Crippen LogP contribution in [0.2, 0.25) is 0 Å². The molecule has 17 heavy (non-hydrogen) atoms. The van der Waals surface area contributed by atoms with Crippen molar-refractivity contribution >= 4 is 52.6 Å². The smallest absolute Gasteiger partial charge is 0.550 e. The maximum atomic E-state index is 9.26. The molecule has 0 aliphatic carbocycles. The maximum Gasteiger partial charge on any atom is 3.00 e. The third-order valence-corrected chi connectivity index (χ3v) is 0.866. The maximum absolute atomic E-state index is 9.26. The number of hydrogen-bond acceptors (Lipinski definition) is 6. The van der Waals surface area contributed by atoms with Crippen LogP contribution in [0.25, 0.3) is 0 Å². The average molecular weight is 273 g/mol. The number of carbonyl (C=O) groups excluding carboxylic acids is 3. The van der Waals surface area contributed by atoms with Gasteiger partial charge in [-0.2, -0.15) is 0 Å². The molecule has 0 aromatic carbocycles. The molecule has 0 radical (unpaired) electrons. The summed E-state index contributed by atoms with van der Waals surface area (Å²) in [7, 11) is 0. The predicted octanol–water partition coefficient (Wildman–Crippen LogP) is -3.32. The SMILES string of the molecule is CCC(=O)[O-].CCC(=O)[O-].CCC(=O)[O-].[Al+3].[Al+3]. The van der Waals surface area contributed by atoms with Gasteiger partial charge in [0.25, 0.3) is 0 Å². The zero-order valence-electron chi connectivity index (χ0n) is 10.2. The normalized spacial score (nSPS) is 6.53. The first-order valence-electron chi connectivity index (χ1n) is 4.41. The van der Waals surface area contributed by atoms with E-state index in [1.54, 1.807) is 0 Å². The van der Waals surface area contributed by atoms with Crippen molar-refractivity contribution in [2.45, 2.75) is 40.0 Å². The first kappa shape index (κ1) is 30.0. The Balaban J connectivity index is -0.0000000400. The molecule has 0 aliphatic heterocycles. The molecule has 0 N–H and O–H groups in total. The molecule has 0 heterocycles. The van der Waals surface area contributed by atoms with Gasteiger partial charge in [0.2, 0.25) is 0 Å². The van der Waals surface area contributed by atoms with E-state index in [0.29, 0.717) is 0 Å². The van der Waals surface area contributed by atoms with E-state index in [1.165, 1.54) is 20.8 Å². The van der Waals surface area contributed by atoms with Crippen LogP contribution in [0.15, 0.2) is 0 Å². The van der Waals surface area contributed by atoms with Crippen LogP contribution in [0.1, 0.15) is 40.0 Å². The van der Waals surface area contributed by atoms with Crippen molar-refractivity contribution < 1.29 is 29.7 Å². The summed E-state index contributed by atoms with van der Waals surface area (Å²) in [6, 6.07) is 0. The van der Waals surface area contributed by atoms with Crippen LogP contribution in [0.5, 0.6) is 0 Å². The molecule has 0 unspecified atom stereocenters. The van der Waals surface area contributed by atoms with Crippen molar-refractivity contribution in [3.05, 3.63) is 0 Å². The summed E-state index contributed by atoms with van der Waals surface area (Å²) in [5.74, 6) is -2.99. The molecule has 0 atom stereocenters. The van der Waals surface area contributed by atoms with Gasteiger partial charge < -0.3 is 29.7 Å². The van der Waals surface area contributed by atoms with Crippen molar-refractivity contribution in [3.8, 4) is 0 Å². The molecule has 0 bridgehead atoms. The van der Waals surface area contributed by atoms with Gasteiger partial charge in [0.05, 0.1) is 0 Å². The van der Waals surface area contributed by atoms with Gasteiger partial charge in [-0.05, 0) is 19.3 Å². The minimum absolute atomic E-state index is 0. The van der Waals surface area contributed by atoms with Crippen LogP contribution in [-0.2, 0) is 14.4 Å². The fourth-order valence-electron chi connectivity index (χ4n) is 0. The van der Waals surface area contributed by atoms with Crippen molar-refractivity contribution in [1.29, 1.82) is 0 Å². The molecule has 0 amide bonds. The van der Waals surface area contributed by atoms with Crippen molar-refractivity contribution in [2.24, 2.45) is 0 Å². The molecular weight excluding hydrogens is 258 g/mol. The second-order valence-corrected chi connectivity index (χ2v) is 2.18. The number of carboxylic acids is 3. The number of hydrogen-bond donors (Lipinski definition) is 0. The Labute approximate surface area is 122 Å². The molecule has 6 nitrogen and oxygen atoms in total. The van der Waals surface area contributed by atoms with Crippen LogP contribution >= 0.6 is 0 Å². The average Bonchev–Trinajstić information content (AvgIpc) is 2.19. The van der Waals surface area contributed by atoms with Gasteiger partial charge in [0.15, 0.2) is 0 Å². The summed E-state index contributed by atoms with van der Waals surface area (Å²) in [6.45, 7) is 4.61. The number of rotatable bonds is 3. The summed E-state index contributed by atoms with van der Waals surface area (Å²) in [6.07, 6.45) is 0.333. The quantitative estimate of drug-likeness (QED) is 0.496. The van der Waals surface area contributed by atoms with Crippen molar-refractivity contribution in [2.75, 3.05) is 0 Å². The van der Waals surface area contributed by atoms with E-state index in [2.05, 4.69) is 0 Å². The Morgan fingerprint density at radius 3 is 0.706 bits per heavy atom. The molecule has 0 aromatic rings. The van der Waals surface area contributed by atoms with Gasteiger partial charge in [-0.15, -0.1) is 0 Å². The fraction of sp³-hybridized carbons (Fsp3) is 0.667. The molecule has 0 aromatic heterocycles. The molecule has 8 heteroatoms. The monoisotopic (exact) mass is 273 g/mol. The summed E-state index contributed by atoms with van der Waals surface area (Å²) >= 11 is 0. The Morgan fingerprint density at radius 1 is 0.647 bits per heavy atom. The Hall–Kier alpha value is -0.525. The van der Waals surface area contributed by atoms with Gasteiger partial charge in [-0.1, -0.05) is 20.8 Å². The largest absolute Gasteiger partial charge is 3.00 e. The molecule has 0 spiro atoms. The summed E-state index contributed by atoms with van der Waals surface area (Å²) in [4.78, 5) is 27.8. The van der Waals surface area contributed by atoms with E-state index in [-0.39, 0.29) is 54.0 Å². The van der Waals surface area contributed by atoms with E-state index in [9.17, 15) is 29.7 Å².